The van der Waals surface area contributed by atoms with Crippen LogP contribution in [0.1, 0.15) is 48.5 Å². The Morgan fingerprint density at radius 2 is 1.77 bits per heavy atom. The Hall–Kier alpha value is -3.02. The lowest BCUT2D eigenvalue weighted by atomic mass is 9.89. The van der Waals surface area contributed by atoms with Gasteiger partial charge in [0.15, 0.2) is 0 Å². The second-order valence-corrected chi connectivity index (χ2v) is 8.12. The van der Waals surface area contributed by atoms with E-state index in [4.69, 9.17) is 4.74 Å². The van der Waals surface area contributed by atoms with E-state index < -0.39 is 6.04 Å². The molecule has 0 saturated carbocycles. The third-order valence-electron chi connectivity index (χ3n) is 5.72. The number of carbonyl (C=O) groups excluding carboxylic acids is 2. The number of rotatable bonds is 6. The summed E-state index contributed by atoms with van der Waals surface area (Å²) in [6.07, 6.45) is 1.73. The summed E-state index contributed by atoms with van der Waals surface area (Å²) in [4.78, 5) is 27.7. The zero-order valence-corrected chi connectivity index (χ0v) is 17.8. The Kier molecular flexibility index (Phi) is 6.98. The van der Waals surface area contributed by atoms with Crippen LogP contribution in [0.4, 0.5) is 0 Å². The first-order valence-electron chi connectivity index (χ1n) is 10.4. The first-order valence-corrected chi connectivity index (χ1v) is 10.4. The molecule has 1 heterocycles. The summed E-state index contributed by atoms with van der Waals surface area (Å²) in [5.74, 6) is 0.898. The van der Waals surface area contributed by atoms with Crippen LogP contribution in [-0.2, 0) is 4.79 Å². The summed E-state index contributed by atoms with van der Waals surface area (Å²) in [7, 11) is 1.55. The smallest absolute Gasteiger partial charge is 0.252 e. The molecule has 0 unspecified atom stereocenters. The minimum atomic E-state index is -0.575. The number of phenols is 1. The number of likely N-dealkylation sites (tertiary alicyclic amines) is 1. The summed E-state index contributed by atoms with van der Waals surface area (Å²) < 4.78 is 5.18. The molecular weight excluding hydrogens is 380 g/mol. The van der Waals surface area contributed by atoms with Crippen molar-refractivity contribution < 1.29 is 19.4 Å². The Morgan fingerprint density at radius 1 is 1.10 bits per heavy atom. The average Bonchev–Trinajstić information content (AvgIpc) is 2.77. The van der Waals surface area contributed by atoms with E-state index in [2.05, 4.69) is 5.32 Å². The predicted octanol–water partition coefficient (Wildman–Crippen LogP) is 3.56. The lowest BCUT2D eigenvalue weighted by molar-refractivity contribution is -0.135. The van der Waals surface area contributed by atoms with Crippen LogP contribution >= 0.6 is 0 Å². The molecule has 1 aliphatic heterocycles. The minimum Gasteiger partial charge on any atom is -0.508 e. The zero-order chi connectivity index (χ0) is 21.7. The van der Waals surface area contributed by atoms with Gasteiger partial charge < -0.3 is 20.1 Å². The van der Waals surface area contributed by atoms with Gasteiger partial charge >= 0.3 is 0 Å². The van der Waals surface area contributed by atoms with Crippen molar-refractivity contribution in [2.45, 2.75) is 38.6 Å². The van der Waals surface area contributed by atoms with Crippen LogP contribution in [0.25, 0.3) is 0 Å². The molecule has 2 amide bonds. The van der Waals surface area contributed by atoms with Crippen molar-refractivity contribution in [3.05, 3.63) is 59.7 Å². The van der Waals surface area contributed by atoms with E-state index in [0.29, 0.717) is 30.3 Å². The van der Waals surface area contributed by atoms with Crippen LogP contribution in [-0.4, -0.2) is 48.1 Å². The molecule has 1 atom stereocenters. The van der Waals surface area contributed by atoms with Gasteiger partial charge in [0.25, 0.3) is 5.91 Å². The number of phenolic OH excluding ortho intramolecular Hbond substituents is 1. The SMILES string of the molecule is COc1cccc(C(=O)N[C@@H](C(=O)N2CCC(c3ccc(O)cc3)CC2)C(C)C)c1. The number of nitrogens with one attached hydrogen (secondary N) is 1. The highest BCUT2D eigenvalue weighted by molar-refractivity contribution is 5.98. The predicted molar refractivity (Wildman–Crippen MR) is 116 cm³/mol. The molecule has 0 radical (unpaired) electrons. The Labute approximate surface area is 177 Å². The molecule has 30 heavy (non-hydrogen) atoms. The number of nitrogens with zero attached hydrogens (tertiary/aromatic N) is 1. The average molecular weight is 411 g/mol. The molecule has 0 aliphatic carbocycles. The molecule has 0 spiro atoms. The molecule has 3 rings (SSSR count). The highest BCUT2D eigenvalue weighted by Crippen LogP contribution is 2.29. The molecule has 1 saturated heterocycles. The van der Waals surface area contributed by atoms with Gasteiger partial charge in [-0.3, -0.25) is 9.59 Å². The van der Waals surface area contributed by atoms with Crippen LogP contribution in [0.3, 0.4) is 0 Å². The first-order chi connectivity index (χ1) is 14.4. The molecule has 6 heteroatoms. The van der Waals surface area contributed by atoms with Crippen molar-refractivity contribution in [3.8, 4) is 11.5 Å². The minimum absolute atomic E-state index is 0.0260. The van der Waals surface area contributed by atoms with Gasteiger partial charge in [-0.1, -0.05) is 32.0 Å². The molecule has 2 aromatic carbocycles. The summed E-state index contributed by atoms with van der Waals surface area (Å²) in [6.45, 7) is 5.19. The van der Waals surface area contributed by atoms with Crippen LogP contribution in [0.2, 0.25) is 0 Å². The van der Waals surface area contributed by atoms with Gasteiger partial charge in [0, 0.05) is 18.7 Å². The molecule has 0 aromatic heterocycles. The Morgan fingerprint density at radius 3 is 2.37 bits per heavy atom. The fraction of sp³-hybridized carbons (Fsp3) is 0.417. The van der Waals surface area contributed by atoms with Gasteiger partial charge in [-0.15, -0.1) is 0 Å². The summed E-state index contributed by atoms with van der Waals surface area (Å²) in [6, 6.07) is 13.6. The topological polar surface area (TPSA) is 78.9 Å². The van der Waals surface area contributed by atoms with Crippen molar-refractivity contribution in [1.29, 1.82) is 0 Å². The summed E-state index contributed by atoms with van der Waals surface area (Å²) in [5.41, 5.74) is 1.66. The highest BCUT2D eigenvalue weighted by Gasteiger charge is 2.31. The van der Waals surface area contributed by atoms with Gasteiger partial charge in [-0.2, -0.15) is 0 Å². The normalized spacial score (nSPS) is 15.7. The number of aromatic hydroxyl groups is 1. The lowest BCUT2D eigenvalue weighted by Crippen LogP contribution is -2.52. The number of hydrogen-bond donors (Lipinski definition) is 2. The van der Waals surface area contributed by atoms with Crippen molar-refractivity contribution in [2.75, 3.05) is 20.2 Å². The summed E-state index contributed by atoms with van der Waals surface area (Å²) >= 11 is 0. The van der Waals surface area contributed by atoms with Crippen molar-refractivity contribution >= 4 is 11.8 Å². The van der Waals surface area contributed by atoms with E-state index in [0.717, 1.165) is 12.8 Å². The van der Waals surface area contributed by atoms with E-state index in [1.165, 1.54) is 5.56 Å². The van der Waals surface area contributed by atoms with Crippen LogP contribution in [0.5, 0.6) is 11.5 Å². The number of amides is 2. The van der Waals surface area contributed by atoms with E-state index in [1.807, 2.05) is 30.9 Å². The third-order valence-corrected chi connectivity index (χ3v) is 5.72. The zero-order valence-electron chi connectivity index (χ0n) is 17.8. The molecule has 1 aliphatic rings. The molecule has 0 bridgehead atoms. The van der Waals surface area contributed by atoms with E-state index in [9.17, 15) is 14.7 Å². The van der Waals surface area contributed by atoms with Crippen molar-refractivity contribution in [2.24, 2.45) is 5.92 Å². The standard InChI is InChI=1S/C24H30N2O4/c1-16(2)22(25-23(28)19-5-4-6-21(15-19)30-3)24(29)26-13-11-18(12-14-26)17-7-9-20(27)10-8-17/h4-10,15-16,18,22,27H,11-14H2,1-3H3,(H,25,28)/t22-/m1/s1. The van der Waals surface area contributed by atoms with Gasteiger partial charge in [-0.25, -0.2) is 0 Å². The maximum Gasteiger partial charge on any atom is 0.252 e. The largest absolute Gasteiger partial charge is 0.508 e. The number of piperidine rings is 1. The molecule has 1 fully saturated rings. The quantitative estimate of drug-likeness (QED) is 0.763. The number of ether oxygens (including phenoxy) is 1. The molecule has 6 nitrogen and oxygen atoms in total. The van der Waals surface area contributed by atoms with E-state index in [-0.39, 0.29) is 23.5 Å². The Bertz CT molecular complexity index is 871. The van der Waals surface area contributed by atoms with Crippen LogP contribution < -0.4 is 10.1 Å². The van der Waals surface area contributed by atoms with E-state index >= 15 is 0 Å². The lowest BCUT2D eigenvalue weighted by Gasteiger charge is -2.35. The number of carbonyl (C=O) groups is 2. The fourth-order valence-corrected chi connectivity index (χ4v) is 3.88. The van der Waals surface area contributed by atoms with Crippen LogP contribution in [0.15, 0.2) is 48.5 Å². The monoisotopic (exact) mass is 410 g/mol. The number of benzene rings is 2. The second-order valence-electron chi connectivity index (χ2n) is 8.12. The van der Waals surface area contributed by atoms with Gasteiger partial charge in [0.05, 0.1) is 7.11 Å². The van der Waals surface area contributed by atoms with Crippen molar-refractivity contribution in [3.63, 3.8) is 0 Å². The van der Waals surface area contributed by atoms with Gasteiger partial charge in [0.1, 0.15) is 17.5 Å². The first kappa shape index (κ1) is 21.7. The van der Waals surface area contributed by atoms with E-state index in [1.54, 1.807) is 43.5 Å². The molecular formula is C24H30N2O4. The van der Waals surface area contributed by atoms with Crippen molar-refractivity contribution in [1.82, 2.24) is 10.2 Å². The summed E-state index contributed by atoms with van der Waals surface area (Å²) in [5, 5.41) is 12.4. The van der Waals surface area contributed by atoms with Crippen LogP contribution in [0, 0.1) is 5.92 Å². The third kappa shape index (κ3) is 5.12. The number of methoxy groups -OCH3 is 1. The Balaban J connectivity index is 1.63. The maximum atomic E-state index is 13.2. The molecule has 2 N–H and O–H groups in total. The number of hydrogen-bond acceptors (Lipinski definition) is 4. The molecule has 160 valence electrons. The highest BCUT2D eigenvalue weighted by atomic mass is 16.5. The maximum absolute atomic E-state index is 13.2. The fourth-order valence-electron chi connectivity index (χ4n) is 3.88. The second kappa shape index (κ2) is 9.65. The molecule has 2 aromatic rings. The van der Waals surface area contributed by atoms with Gasteiger partial charge in [-0.05, 0) is 60.6 Å². The van der Waals surface area contributed by atoms with Gasteiger partial charge in [0.2, 0.25) is 5.91 Å².